The van der Waals surface area contributed by atoms with Crippen LogP contribution in [-0.4, -0.2) is 64.0 Å². The minimum Gasteiger partial charge on any atom is -0.373 e. The van der Waals surface area contributed by atoms with Gasteiger partial charge in [-0.3, -0.25) is 19.4 Å². The fraction of sp³-hybridized carbons (Fsp3) is 0.526. The lowest BCUT2D eigenvalue weighted by molar-refractivity contribution is -0.121. The van der Waals surface area contributed by atoms with Crippen LogP contribution in [0, 0.1) is 11.7 Å². The van der Waals surface area contributed by atoms with Crippen LogP contribution in [0.25, 0.3) is 11.4 Å². The van der Waals surface area contributed by atoms with Gasteiger partial charge in [0.25, 0.3) is 0 Å². The molecule has 2 unspecified atom stereocenters. The number of ether oxygens (including phenoxy) is 1. The summed E-state index contributed by atoms with van der Waals surface area (Å²) in [7, 11) is 0. The summed E-state index contributed by atoms with van der Waals surface area (Å²) in [6.07, 6.45) is 0.455. The van der Waals surface area contributed by atoms with E-state index in [0.29, 0.717) is 17.1 Å². The third-order valence-corrected chi connectivity index (χ3v) is 4.89. The molecule has 1 aliphatic heterocycles. The van der Waals surface area contributed by atoms with E-state index in [9.17, 15) is 4.79 Å². The molecule has 146 valence electrons. The van der Waals surface area contributed by atoms with Gasteiger partial charge in [-0.05, 0) is 39.1 Å². The maximum absolute atomic E-state index is 12.4. The van der Waals surface area contributed by atoms with Gasteiger partial charge in [-0.25, -0.2) is 0 Å². The molecule has 1 aliphatic rings. The van der Waals surface area contributed by atoms with E-state index in [1.165, 1.54) is 0 Å². The van der Waals surface area contributed by atoms with Crippen LogP contribution in [0.3, 0.4) is 0 Å². The van der Waals surface area contributed by atoms with Crippen molar-refractivity contribution in [1.82, 2.24) is 25.0 Å². The Bertz CT molecular complexity index is 837. The molecule has 1 saturated heterocycles. The third kappa shape index (κ3) is 5.24. The zero-order valence-electron chi connectivity index (χ0n) is 16.1. The molecule has 8 heteroatoms. The van der Waals surface area contributed by atoms with E-state index in [4.69, 9.17) is 17.0 Å². The topological polar surface area (TPSA) is 75.2 Å². The van der Waals surface area contributed by atoms with Gasteiger partial charge in [-0.1, -0.05) is 23.8 Å². The number of benzene rings is 1. The van der Waals surface area contributed by atoms with Crippen molar-refractivity contribution < 1.29 is 9.53 Å². The number of morpholine rings is 1. The summed E-state index contributed by atoms with van der Waals surface area (Å²) < 4.78 is 7.91. The molecule has 2 aromatic rings. The molecule has 1 amide bonds. The SMILES string of the molecule is Cc1cccc(-c2n[nH]c(=S)n2CC(=O)NCCN2CC(C)OC(C)C2)c1. The van der Waals surface area contributed by atoms with E-state index in [1.54, 1.807) is 4.57 Å². The first-order valence-electron chi connectivity index (χ1n) is 9.29. The Morgan fingerprint density at radius 3 is 2.81 bits per heavy atom. The highest BCUT2D eigenvalue weighted by Gasteiger charge is 2.21. The summed E-state index contributed by atoms with van der Waals surface area (Å²) >= 11 is 5.31. The zero-order chi connectivity index (χ0) is 19.4. The van der Waals surface area contributed by atoms with Gasteiger partial charge < -0.3 is 10.1 Å². The van der Waals surface area contributed by atoms with Gasteiger partial charge >= 0.3 is 0 Å². The molecule has 0 aliphatic carbocycles. The third-order valence-electron chi connectivity index (χ3n) is 4.58. The van der Waals surface area contributed by atoms with Crippen LogP contribution in [0.1, 0.15) is 19.4 Å². The zero-order valence-corrected chi connectivity index (χ0v) is 16.9. The fourth-order valence-corrected chi connectivity index (χ4v) is 3.69. The molecule has 0 radical (unpaired) electrons. The maximum atomic E-state index is 12.4. The highest BCUT2D eigenvalue weighted by atomic mass is 32.1. The fourth-order valence-electron chi connectivity index (χ4n) is 3.49. The summed E-state index contributed by atoms with van der Waals surface area (Å²) in [4.78, 5) is 14.7. The number of nitrogens with zero attached hydrogens (tertiary/aromatic N) is 3. The molecule has 27 heavy (non-hydrogen) atoms. The number of hydrogen-bond acceptors (Lipinski definition) is 5. The number of hydrogen-bond donors (Lipinski definition) is 2. The highest BCUT2D eigenvalue weighted by molar-refractivity contribution is 7.71. The molecular weight excluding hydrogens is 362 g/mol. The first kappa shape index (κ1) is 19.7. The molecule has 3 rings (SSSR count). The Labute approximate surface area is 164 Å². The van der Waals surface area contributed by atoms with Crippen LogP contribution < -0.4 is 5.32 Å². The average Bonchev–Trinajstić information content (AvgIpc) is 2.95. The summed E-state index contributed by atoms with van der Waals surface area (Å²) in [5.74, 6) is 0.602. The monoisotopic (exact) mass is 389 g/mol. The van der Waals surface area contributed by atoms with E-state index >= 15 is 0 Å². The molecule has 2 heterocycles. The Morgan fingerprint density at radius 1 is 1.37 bits per heavy atom. The molecule has 7 nitrogen and oxygen atoms in total. The van der Waals surface area contributed by atoms with Crippen molar-refractivity contribution in [2.45, 2.75) is 39.5 Å². The van der Waals surface area contributed by atoms with Gasteiger partial charge in [0.05, 0.1) is 12.2 Å². The second kappa shape index (κ2) is 8.77. The first-order valence-corrected chi connectivity index (χ1v) is 9.70. The number of rotatable bonds is 6. The van der Waals surface area contributed by atoms with E-state index in [1.807, 2.05) is 31.2 Å². The minimum atomic E-state index is -0.0734. The second-order valence-corrected chi connectivity index (χ2v) is 7.56. The van der Waals surface area contributed by atoms with E-state index in [2.05, 4.69) is 34.3 Å². The minimum absolute atomic E-state index is 0.0734. The molecule has 0 saturated carbocycles. The Balaban J connectivity index is 1.57. The molecule has 0 spiro atoms. The van der Waals surface area contributed by atoms with Crippen molar-refractivity contribution in [1.29, 1.82) is 0 Å². The van der Waals surface area contributed by atoms with E-state index < -0.39 is 0 Å². The number of aromatic nitrogens is 3. The number of nitrogens with one attached hydrogen (secondary N) is 2. The largest absolute Gasteiger partial charge is 0.373 e. The van der Waals surface area contributed by atoms with Gasteiger partial charge in [-0.2, -0.15) is 5.10 Å². The summed E-state index contributed by atoms with van der Waals surface area (Å²) in [5.41, 5.74) is 2.07. The lowest BCUT2D eigenvalue weighted by Gasteiger charge is -2.35. The Kier molecular flexibility index (Phi) is 6.41. The van der Waals surface area contributed by atoms with Crippen molar-refractivity contribution >= 4 is 18.1 Å². The Morgan fingerprint density at radius 2 is 2.11 bits per heavy atom. The molecule has 1 aromatic carbocycles. The maximum Gasteiger partial charge on any atom is 0.240 e. The molecule has 1 aromatic heterocycles. The summed E-state index contributed by atoms with van der Waals surface area (Å²) in [6.45, 7) is 9.52. The number of carbonyl (C=O) groups is 1. The summed E-state index contributed by atoms with van der Waals surface area (Å²) in [5, 5.41) is 10.1. The standard InChI is InChI=1S/C19H27N5O2S/c1-13-5-4-6-16(9-13)18-21-22-19(27)24(18)12-17(25)20-7-8-23-10-14(2)26-15(3)11-23/h4-6,9,14-15H,7-8,10-12H2,1-3H3,(H,20,25)(H,22,27). The van der Waals surface area contributed by atoms with Crippen molar-refractivity contribution in [3.05, 3.63) is 34.6 Å². The van der Waals surface area contributed by atoms with Crippen molar-refractivity contribution in [2.24, 2.45) is 0 Å². The van der Waals surface area contributed by atoms with Gasteiger partial charge in [0.2, 0.25) is 5.91 Å². The highest BCUT2D eigenvalue weighted by Crippen LogP contribution is 2.18. The van der Waals surface area contributed by atoms with Crippen LogP contribution in [-0.2, 0) is 16.1 Å². The molecule has 2 atom stereocenters. The normalized spacial score (nSPS) is 20.6. The lowest BCUT2D eigenvalue weighted by Crippen LogP contribution is -2.48. The Hall–Kier alpha value is -2.03. The number of H-pyrrole nitrogens is 1. The van der Waals surface area contributed by atoms with Crippen molar-refractivity contribution in [3.8, 4) is 11.4 Å². The van der Waals surface area contributed by atoms with Crippen LogP contribution in [0.4, 0.5) is 0 Å². The molecular formula is C19H27N5O2S. The predicted molar refractivity (Wildman–Crippen MR) is 107 cm³/mol. The molecule has 2 N–H and O–H groups in total. The lowest BCUT2D eigenvalue weighted by atomic mass is 10.1. The van der Waals surface area contributed by atoms with Crippen molar-refractivity contribution in [2.75, 3.05) is 26.2 Å². The average molecular weight is 390 g/mol. The smallest absolute Gasteiger partial charge is 0.240 e. The van der Waals surface area contributed by atoms with Crippen LogP contribution >= 0.6 is 12.2 Å². The molecule has 1 fully saturated rings. The van der Waals surface area contributed by atoms with Gasteiger partial charge in [-0.15, -0.1) is 0 Å². The predicted octanol–water partition coefficient (Wildman–Crippen LogP) is 2.14. The van der Waals surface area contributed by atoms with E-state index in [-0.39, 0.29) is 24.7 Å². The second-order valence-electron chi connectivity index (χ2n) is 7.17. The van der Waals surface area contributed by atoms with Crippen LogP contribution in [0.2, 0.25) is 0 Å². The summed E-state index contributed by atoms with van der Waals surface area (Å²) in [6, 6.07) is 7.99. The number of carbonyl (C=O) groups excluding carboxylic acids is 1. The number of amides is 1. The van der Waals surface area contributed by atoms with Crippen molar-refractivity contribution in [3.63, 3.8) is 0 Å². The first-order chi connectivity index (χ1) is 12.9. The van der Waals surface area contributed by atoms with Crippen LogP contribution in [0.15, 0.2) is 24.3 Å². The van der Waals surface area contributed by atoms with Gasteiger partial charge in [0, 0.05) is 31.7 Å². The van der Waals surface area contributed by atoms with Gasteiger partial charge in [0.15, 0.2) is 10.6 Å². The quantitative estimate of drug-likeness (QED) is 0.741. The van der Waals surface area contributed by atoms with Crippen LogP contribution in [0.5, 0.6) is 0 Å². The molecule has 0 bridgehead atoms. The van der Waals surface area contributed by atoms with Gasteiger partial charge in [0.1, 0.15) is 6.54 Å². The van der Waals surface area contributed by atoms with E-state index in [0.717, 1.165) is 30.8 Å². The number of aryl methyl sites for hydroxylation is 1. The number of aromatic amines is 1.